The van der Waals surface area contributed by atoms with Crippen LogP contribution >= 0.6 is 11.6 Å². The van der Waals surface area contributed by atoms with Gasteiger partial charge in [-0.15, -0.1) is 11.6 Å². The summed E-state index contributed by atoms with van der Waals surface area (Å²) in [4.78, 5) is 15.4. The van der Waals surface area contributed by atoms with Gasteiger partial charge in [0.1, 0.15) is 0 Å². The molecule has 0 saturated heterocycles. The summed E-state index contributed by atoms with van der Waals surface area (Å²) in [7, 11) is 1.34. The second-order valence-electron chi connectivity index (χ2n) is 3.02. The van der Waals surface area contributed by atoms with Crippen molar-refractivity contribution >= 4 is 17.6 Å². The van der Waals surface area contributed by atoms with Crippen molar-refractivity contribution in [2.24, 2.45) is 0 Å². The van der Waals surface area contributed by atoms with Crippen LogP contribution in [0.3, 0.4) is 0 Å². The Bertz CT molecular complexity index is 363. The number of carbonyl (C=O) groups is 1. The van der Waals surface area contributed by atoms with Crippen molar-refractivity contribution in [3.05, 3.63) is 28.6 Å². The van der Waals surface area contributed by atoms with E-state index >= 15 is 0 Å². The summed E-state index contributed by atoms with van der Waals surface area (Å²) in [6.45, 7) is 3.64. The number of methoxy groups -OCH3 is 1. The lowest BCUT2D eigenvalue weighted by molar-refractivity contribution is 0.0593. The predicted octanol–water partition coefficient (Wildman–Crippen LogP) is 2.22. The van der Waals surface area contributed by atoms with E-state index in [0.717, 1.165) is 16.8 Å². The number of nitrogens with zero attached hydrogens (tertiary/aromatic N) is 1. The van der Waals surface area contributed by atoms with Crippen LogP contribution in [0.5, 0.6) is 0 Å². The standard InChI is InChI=1S/C10H12ClNO2/c1-6-4-8(5-11)7(2)12-9(6)10(13)14-3/h4H,5H2,1-3H3. The van der Waals surface area contributed by atoms with Gasteiger partial charge in [-0.05, 0) is 25.0 Å². The summed E-state index contributed by atoms with van der Waals surface area (Å²) in [6, 6.07) is 1.86. The maximum Gasteiger partial charge on any atom is 0.356 e. The Hall–Kier alpha value is -1.09. The third-order valence-electron chi connectivity index (χ3n) is 2.03. The van der Waals surface area contributed by atoms with E-state index in [2.05, 4.69) is 9.72 Å². The van der Waals surface area contributed by atoms with Gasteiger partial charge in [-0.1, -0.05) is 6.07 Å². The molecule has 0 spiro atoms. The third kappa shape index (κ3) is 2.04. The number of aromatic nitrogens is 1. The summed E-state index contributed by atoms with van der Waals surface area (Å²) < 4.78 is 4.61. The summed E-state index contributed by atoms with van der Waals surface area (Å²) in [5.74, 6) is -0.00655. The SMILES string of the molecule is COC(=O)c1nc(C)c(CCl)cc1C. The van der Waals surface area contributed by atoms with Gasteiger partial charge in [-0.25, -0.2) is 9.78 Å². The number of halogens is 1. The van der Waals surface area contributed by atoms with Gasteiger partial charge in [0.2, 0.25) is 0 Å². The summed E-state index contributed by atoms with van der Waals surface area (Å²) in [6.07, 6.45) is 0. The summed E-state index contributed by atoms with van der Waals surface area (Å²) in [5, 5.41) is 0. The molecule has 0 aliphatic carbocycles. The van der Waals surface area contributed by atoms with Gasteiger partial charge < -0.3 is 4.74 Å². The molecule has 1 rings (SSSR count). The quantitative estimate of drug-likeness (QED) is 0.559. The van der Waals surface area contributed by atoms with Crippen LogP contribution in [0.25, 0.3) is 0 Å². The highest BCUT2D eigenvalue weighted by Gasteiger charge is 2.13. The second-order valence-corrected chi connectivity index (χ2v) is 3.29. The molecule has 3 nitrogen and oxygen atoms in total. The Kier molecular flexibility index (Phi) is 3.47. The zero-order valence-electron chi connectivity index (χ0n) is 8.43. The van der Waals surface area contributed by atoms with Gasteiger partial charge >= 0.3 is 5.97 Å². The number of hydrogen-bond donors (Lipinski definition) is 0. The van der Waals surface area contributed by atoms with Gasteiger partial charge in [-0.2, -0.15) is 0 Å². The number of ether oxygens (including phenoxy) is 1. The van der Waals surface area contributed by atoms with Crippen LogP contribution in [0.15, 0.2) is 6.07 Å². The first-order valence-corrected chi connectivity index (χ1v) is 4.75. The fourth-order valence-electron chi connectivity index (χ4n) is 1.20. The molecule has 0 aliphatic rings. The lowest BCUT2D eigenvalue weighted by atomic mass is 10.1. The number of esters is 1. The van der Waals surface area contributed by atoms with Gasteiger partial charge in [0, 0.05) is 11.6 Å². The lowest BCUT2D eigenvalue weighted by Crippen LogP contribution is -2.09. The highest BCUT2D eigenvalue weighted by atomic mass is 35.5. The van der Waals surface area contributed by atoms with E-state index in [4.69, 9.17) is 11.6 Å². The fraction of sp³-hybridized carbons (Fsp3) is 0.400. The van der Waals surface area contributed by atoms with Crippen LogP contribution in [0.2, 0.25) is 0 Å². The van der Waals surface area contributed by atoms with E-state index in [1.807, 2.05) is 19.9 Å². The Morgan fingerprint density at radius 1 is 1.57 bits per heavy atom. The molecule has 0 fully saturated rings. The number of carbonyl (C=O) groups excluding carboxylic acids is 1. The van der Waals surface area contributed by atoms with Gasteiger partial charge in [0.25, 0.3) is 0 Å². The minimum Gasteiger partial charge on any atom is -0.464 e. The van der Waals surface area contributed by atoms with Gasteiger partial charge in [0.15, 0.2) is 5.69 Å². The first-order chi connectivity index (χ1) is 6.60. The predicted molar refractivity (Wildman–Crippen MR) is 54.6 cm³/mol. The van der Waals surface area contributed by atoms with Crippen molar-refractivity contribution in [3.8, 4) is 0 Å². The Labute approximate surface area is 88.1 Å². The lowest BCUT2D eigenvalue weighted by Gasteiger charge is -2.07. The Morgan fingerprint density at radius 2 is 2.21 bits per heavy atom. The van der Waals surface area contributed by atoms with Gasteiger partial charge in [0.05, 0.1) is 7.11 Å². The van der Waals surface area contributed by atoms with Crippen molar-refractivity contribution in [2.75, 3.05) is 7.11 Å². The molecular weight excluding hydrogens is 202 g/mol. The summed E-state index contributed by atoms with van der Waals surface area (Å²) in [5.41, 5.74) is 2.86. The van der Waals surface area contributed by atoms with Crippen molar-refractivity contribution in [2.45, 2.75) is 19.7 Å². The average molecular weight is 214 g/mol. The molecule has 0 aromatic carbocycles. The van der Waals surface area contributed by atoms with Crippen LogP contribution in [0, 0.1) is 13.8 Å². The van der Waals surface area contributed by atoms with Crippen LogP contribution in [-0.4, -0.2) is 18.1 Å². The van der Waals surface area contributed by atoms with Crippen LogP contribution in [-0.2, 0) is 10.6 Å². The third-order valence-corrected chi connectivity index (χ3v) is 2.32. The van der Waals surface area contributed by atoms with E-state index in [0.29, 0.717) is 11.6 Å². The van der Waals surface area contributed by atoms with Gasteiger partial charge in [-0.3, -0.25) is 0 Å². The van der Waals surface area contributed by atoms with Crippen molar-refractivity contribution in [3.63, 3.8) is 0 Å². The monoisotopic (exact) mass is 213 g/mol. The molecule has 0 unspecified atom stereocenters. The Balaban J connectivity index is 3.21. The number of rotatable bonds is 2. The van der Waals surface area contributed by atoms with Crippen LogP contribution < -0.4 is 0 Å². The zero-order chi connectivity index (χ0) is 10.7. The van der Waals surface area contributed by atoms with Crippen LogP contribution in [0.1, 0.15) is 27.3 Å². The molecule has 0 saturated carbocycles. The minimum absolute atomic E-state index is 0.360. The topological polar surface area (TPSA) is 39.2 Å². The molecule has 0 atom stereocenters. The van der Waals surface area contributed by atoms with E-state index < -0.39 is 5.97 Å². The number of alkyl halides is 1. The van der Waals surface area contributed by atoms with E-state index in [1.54, 1.807) is 0 Å². The average Bonchev–Trinajstić information content (AvgIpc) is 2.19. The minimum atomic E-state index is -0.410. The van der Waals surface area contributed by atoms with Crippen molar-refractivity contribution < 1.29 is 9.53 Å². The maximum atomic E-state index is 11.3. The smallest absolute Gasteiger partial charge is 0.356 e. The molecule has 1 aromatic heterocycles. The van der Waals surface area contributed by atoms with E-state index in [9.17, 15) is 4.79 Å². The normalized spacial score (nSPS) is 10.0. The van der Waals surface area contributed by atoms with Crippen molar-refractivity contribution in [1.82, 2.24) is 4.98 Å². The molecule has 0 N–H and O–H groups in total. The Morgan fingerprint density at radius 3 is 2.71 bits per heavy atom. The molecule has 4 heteroatoms. The largest absolute Gasteiger partial charge is 0.464 e. The van der Waals surface area contributed by atoms with Crippen molar-refractivity contribution in [1.29, 1.82) is 0 Å². The molecular formula is C10H12ClNO2. The highest BCUT2D eigenvalue weighted by Crippen LogP contribution is 2.14. The van der Waals surface area contributed by atoms with E-state index in [1.165, 1.54) is 7.11 Å². The second kappa shape index (κ2) is 4.42. The zero-order valence-corrected chi connectivity index (χ0v) is 9.18. The maximum absolute atomic E-state index is 11.3. The van der Waals surface area contributed by atoms with E-state index in [-0.39, 0.29) is 0 Å². The number of aryl methyl sites for hydroxylation is 2. The van der Waals surface area contributed by atoms with Crippen LogP contribution in [0.4, 0.5) is 0 Å². The molecule has 1 heterocycles. The molecule has 0 aliphatic heterocycles. The molecule has 0 radical (unpaired) electrons. The molecule has 76 valence electrons. The molecule has 0 amide bonds. The first kappa shape index (κ1) is 11.0. The number of hydrogen-bond acceptors (Lipinski definition) is 3. The molecule has 0 bridgehead atoms. The molecule has 1 aromatic rings. The molecule has 14 heavy (non-hydrogen) atoms. The summed E-state index contributed by atoms with van der Waals surface area (Å²) >= 11 is 5.71. The number of pyridine rings is 1. The fourth-order valence-corrected chi connectivity index (χ4v) is 1.47. The highest BCUT2D eigenvalue weighted by molar-refractivity contribution is 6.17. The first-order valence-electron chi connectivity index (χ1n) is 4.21.